The second kappa shape index (κ2) is 7.71. The van der Waals surface area contributed by atoms with Crippen molar-refractivity contribution >= 4 is 17.5 Å². The standard InChI is InChI=1S/C20H17ClF3N5O/c1-2-16-26-15-10-29(9-7-11(15)18(27-16)14-6-8-25-28-14)19(30)12-4-3-5-13(17(12)21)20(22,23)24/h3-6,8H,2,7,9-10H2,1H3,(H,25,28). The summed E-state index contributed by atoms with van der Waals surface area (Å²) in [6, 6.07) is 5.17. The molecule has 156 valence electrons. The maximum absolute atomic E-state index is 13.2. The Bertz CT molecular complexity index is 1100. The first kappa shape index (κ1) is 20.3. The van der Waals surface area contributed by atoms with E-state index in [1.807, 2.05) is 13.0 Å². The second-order valence-electron chi connectivity index (χ2n) is 6.88. The highest BCUT2D eigenvalue weighted by Crippen LogP contribution is 2.37. The van der Waals surface area contributed by atoms with Crippen LogP contribution in [0.3, 0.4) is 0 Å². The SMILES string of the molecule is CCc1nc2c(c(-c3ccn[nH]3)n1)CCN(C(=O)c1cccc(C(F)(F)F)c1Cl)C2. The molecule has 6 nitrogen and oxygen atoms in total. The molecule has 3 heterocycles. The van der Waals surface area contributed by atoms with Crippen LogP contribution in [0.25, 0.3) is 11.4 Å². The van der Waals surface area contributed by atoms with Gasteiger partial charge in [0.25, 0.3) is 5.91 Å². The summed E-state index contributed by atoms with van der Waals surface area (Å²) in [6.45, 7) is 2.40. The first-order valence-corrected chi connectivity index (χ1v) is 9.70. The van der Waals surface area contributed by atoms with Crippen LogP contribution >= 0.6 is 11.6 Å². The summed E-state index contributed by atoms with van der Waals surface area (Å²) in [7, 11) is 0. The average Bonchev–Trinajstić information content (AvgIpc) is 3.26. The van der Waals surface area contributed by atoms with Crippen LogP contribution in [-0.4, -0.2) is 37.5 Å². The predicted octanol–water partition coefficient (Wildman–Crippen LogP) is 4.30. The summed E-state index contributed by atoms with van der Waals surface area (Å²) in [6.07, 6.45) is -1.94. The molecule has 1 aliphatic rings. The summed E-state index contributed by atoms with van der Waals surface area (Å²) >= 11 is 5.94. The summed E-state index contributed by atoms with van der Waals surface area (Å²) in [5, 5.41) is 6.28. The minimum Gasteiger partial charge on any atom is -0.332 e. The molecule has 3 aromatic rings. The molecule has 0 aliphatic carbocycles. The van der Waals surface area contributed by atoms with Gasteiger partial charge in [0, 0.05) is 24.7 Å². The van der Waals surface area contributed by atoms with E-state index in [4.69, 9.17) is 11.6 Å². The van der Waals surface area contributed by atoms with Crippen LogP contribution in [0.4, 0.5) is 13.2 Å². The quantitative estimate of drug-likeness (QED) is 0.665. The summed E-state index contributed by atoms with van der Waals surface area (Å²) in [5.74, 6) is 0.0567. The smallest absolute Gasteiger partial charge is 0.332 e. The molecule has 1 aromatic carbocycles. The van der Waals surface area contributed by atoms with Crippen molar-refractivity contribution in [2.24, 2.45) is 0 Å². The molecular formula is C20H17ClF3N5O. The number of alkyl halides is 3. The fraction of sp³-hybridized carbons (Fsp3) is 0.300. The lowest BCUT2D eigenvalue weighted by atomic mass is 9.99. The van der Waals surface area contributed by atoms with Crippen molar-refractivity contribution in [1.29, 1.82) is 0 Å². The lowest BCUT2D eigenvalue weighted by molar-refractivity contribution is -0.137. The van der Waals surface area contributed by atoms with Gasteiger partial charge in [-0.15, -0.1) is 0 Å². The minimum absolute atomic E-state index is 0.164. The molecule has 0 radical (unpaired) electrons. The van der Waals surface area contributed by atoms with Crippen molar-refractivity contribution in [2.75, 3.05) is 6.54 Å². The number of carbonyl (C=O) groups is 1. The molecule has 0 saturated carbocycles. The van der Waals surface area contributed by atoms with E-state index in [1.54, 1.807) is 6.20 Å². The van der Waals surface area contributed by atoms with E-state index in [0.717, 1.165) is 23.0 Å². The van der Waals surface area contributed by atoms with E-state index < -0.39 is 22.7 Å². The largest absolute Gasteiger partial charge is 0.417 e. The van der Waals surface area contributed by atoms with Gasteiger partial charge < -0.3 is 4.90 Å². The number of H-pyrrole nitrogens is 1. The number of aromatic nitrogens is 4. The highest BCUT2D eigenvalue weighted by molar-refractivity contribution is 6.34. The number of amides is 1. The van der Waals surface area contributed by atoms with Crippen LogP contribution in [0, 0.1) is 0 Å². The normalized spacial score (nSPS) is 14.0. The Morgan fingerprint density at radius 2 is 2.07 bits per heavy atom. The van der Waals surface area contributed by atoms with Crippen molar-refractivity contribution in [1.82, 2.24) is 25.1 Å². The van der Waals surface area contributed by atoms with Crippen LogP contribution in [0.15, 0.2) is 30.5 Å². The lowest BCUT2D eigenvalue weighted by Crippen LogP contribution is -2.37. The molecule has 0 bridgehead atoms. The molecule has 1 N–H and O–H groups in total. The van der Waals surface area contributed by atoms with Gasteiger partial charge in [0.05, 0.1) is 39.8 Å². The molecule has 10 heteroatoms. The fourth-order valence-electron chi connectivity index (χ4n) is 3.51. The van der Waals surface area contributed by atoms with Crippen LogP contribution < -0.4 is 0 Å². The molecule has 0 saturated heterocycles. The van der Waals surface area contributed by atoms with Gasteiger partial charge in [-0.25, -0.2) is 9.97 Å². The van der Waals surface area contributed by atoms with Gasteiger partial charge in [-0.1, -0.05) is 24.6 Å². The van der Waals surface area contributed by atoms with Crippen LogP contribution in [0.1, 0.15) is 39.9 Å². The van der Waals surface area contributed by atoms with Gasteiger partial charge in [-0.2, -0.15) is 18.3 Å². The van der Waals surface area contributed by atoms with Crippen molar-refractivity contribution in [3.05, 3.63) is 63.7 Å². The van der Waals surface area contributed by atoms with Crippen molar-refractivity contribution in [3.8, 4) is 11.4 Å². The zero-order chi connectivity index (χ0) is 21.5. The first-order chi connectivity index (χ1) is 14.3. The number of carbonyl (C=O) groups excluding carboxylic acids is 1. The summed E-state index contributed by atoms with van der Waals surface area (Å²) in [4.78, 5) is 23.6. The number of halogens is 4. The van der Waals surface area contributed by atoms with Gasteiger partial charge in [-0.3, -0.25) is 9.89 Å². The molecule has 4 rings (SSSR count). The molecule has 1 aliphatic heterocycles. The molecule has 2 aromatic heterocycles. The van der Waals surface area contributed by atoms with Crippen molar-refractivity contribution < 1.29 is 18.0 Å². The topological polar surface area (TPSA) is 74.8 Å². The Balaban J connectivity index is 1.69. The molecule has 0 atom stereocenters. The Morgan fingerprint density at radius 3 is 2.73 bits per heavy atom. The third-order valence-electron chi connectivity index (χ3n) is 5.01. The number of aryl methyl sites for hydroxylation is 1. The van der Waals surface area contributed by atoms with E-state index in [1.165, 1.54) is 17.0 Å². The van der Waals surface area contributed by atoms with Crippen molar-refractivity contribution in [3.63, 3.8) is 0 Å². The maximum atomic E-state index is 13.2. The van der Waals surface area contributed by atoms with E-state index in [-0.39, 0.29) is 12.1 Å². The van der Waals surface area contributed by atoms with E-state index >= 15 is 0 Å². The molecule has 0 spiro atoms. The van der Waals surface area contributed by atoms with E-state index in [0.29, 0.717) is 30.9 Å². The third-order valence-corrected chi connectivity index (χ3v) is 5.41. The van der Waals surface area contributed by atoms with Crippen LogP contribution in [0.5, 0.6) is 0 Å². The van der Waals surface area contributed by atoms with Crippen molar-refractivity contribution in [2.45, 2.75) is 32.5 Å². The first-order valence-electron chi connectivity index (χ1n) is 9.33. The van der Waals surface area contributed by atoms with Gasteiger partial charge in [0.15, 0.2) is 0 Å². The van der Waals surface area contributed by atoms with Gasteiger partial charge >= 0.3 is 6.18 Å². The lowest BCUT2D eigenvalue weighted by Gasteiger charge is -2.30. The fourth-order valence-corrected chi connectivity index (χ4v) is 3.82. The molecular weight excluding hydrogens is 419 g/mol. The van der Waals surface area contributed by atoms with E-state index in [9.17, 15) is 18.0 Å². The monoisotopic (exact) mass is 435 g/mol. The Hall–Kier alpha value is -2.94. The Morgan fingerprint density at radius 1 is 1.27 bits per heavy atom. The number of nitrogens with one attached hydrogen (secondary N) is 1. The highest BCUT2D eigenvalue weighted by Gasteiger charge is 2.36. The van der Waals surface area contributed by atoms with Crippen LogP contribution in [-0.2, 0) is 25.6 Å². The molecule has 0 fully saturated rings. The van der Waals surface area contributed by atoms with Gasteiger partial charge in [0.1, 0.15) is 5.82 Å². The number of aromatic amines is 1. The average molecular weight is 436 g/mol. The number of fused-ring (bicyclic) bond motifs is 1. The number of benzene rings is 1. The predicted molar refractivity (Wildman–Crippen MR) is 104 cm³/mol. The second-order valence-corrected chi connectivity index (χ2v) is 7.26. The minimum atomic E-state index is -4.63. The Labute approximate surface area is 175 Å². The van der Waals surface area contributed by atoms with E-state index in [2.05, 4.69) is 20.2 Å². The van der Waals surface area contributed by atoms with Crippen LogP contribution in [0.2, 0.25) is 5.02 Å². The summed E-state index contributed by atoms with van der Waals surface area (Å²) < 4.78 is 39.5. The number of nitrogens with zero attached hydrogens (tertiary/aromatic N) is 4. The zero-order valence-electron chi connectivity index (χ0n) is 15.9. The third kappa shape index (κ3) is 3.65. The number of hydrogen-bond acceptors (Lipinski definition) is 4. The highest BCUT2D eigenvalue weighted by atomic mass is 35.5. The molecule has 0 unspecified atom stereocenters. The van der Waals surface area contributed by atoms with Gasteiger partial charge in [0.2, 0.25) is 0 Å². The number of hydrogen-bond donors (Lipinski definition) is 1. The van der Waals surface area contributed by atoms with Gasteiger partial charge in [-0.05, 0) is 24.6 Å². The summed E-state index contributed by atoms with van der Waals surface area (Å²) in [5.41, 5.74) is 1.87. The Kier molecular flexibility index (Phi) is 5.23. The molecule has 30 heavy (non-hydrogen) atoms. The maximum Gasteiger partial charge on any atom is 0.417 e. The number of rotatable bonds is 3. The zero-order valence-corrected chi connectivity index (χ0v) is 16.7. The molecule has 1 amide bonds.